The molecule has 1 unspecified atom stereocenters. The molecule has 2 aromatic rings. The molecule has 0 bridgehead atoms. The molecule has 0 aliphatic rings. The number of carbonyl (C=O) groups is 1. The van der Waals surface area contributed by atoms with Crippen molar-refractivity contribution >= 4 is 16.7 Å². The van der Waals surface area contributed by atoms with E-state index in [0.29, 0.717) is 13.0 Å². The lowest BCUT2D eigenvalue weighted by Crippen LogP contribution is -2.41. The highest BCUT2D eigenvalue weighted by Crippen LogP contribution is 2.28. The van der Waals surface area contributed by atoms with Gasteiger partial charge in [-0.2, -0.15) is 0 Å². The van der Waals surface area contributed by atoms with Crippen LogP contribution < -0.4 is 5.32 Å². The number of carbonyl (C=O) groups excluding carboxylic acids is 1. The Labute approximate surface area is 126 Å². The van der Waals surface area contributed by atoms with Crippen LogP contribution in [0.25, 0.3) is 10.8 Å². The molecule has 0 saturated carbocycles. The Bertz CT molecular complexity index is 623. The third kappa shape index (κ3) is 3.61. The Morgan fingerprint density at radius 2 is 1.86 bits per heavy atom. The summed E-state index contributed by atoms with van der Waals surface area (Å²) in [6.07, 6.45) is 0.326. The SMILES string of the molecule is CCNC(C)(CC(=O)OCC)c1ccc2ccccc2c1. The predicted molar refractivity (Wildman–Crippen MR) is 86.2 cm³/mol. The Hall–Kier alpha value is -1.87. The van der Waals surface area contributed by atoms with Gasteiger partial charge in [-0.25, -0.2) is 0 Å². The number of esters is 1. The molecule has 0 fully saturated rings. The van der Waals surface area contributed by atoms with Crippen LogP contribution in [0.3, 0.4) is 0 Å². The quantitative estimate of drug-likeness (QED) is 0.824. The lowest BCUT2D eigenvalue weighted by molar-refractivity contribution is -0.144. The molecule has 0 aliphatic heterocycles. The van der Waals surface area contributed by atoms with Crippen LogP contribution >= 0.6 is 0 Å². The summed E-state index contributed by atoms with van der Waals surface area (Å²) in [4.78, 5) is 11.9. The summed E-state index contributed by atoms with van der Waals surface area (Å²) in [7, 11) is 0. The summed E-state index contributed by atoms with van der Waals surface area (Å²) in [6, 6.07) is 14.6. The third-order valence-electron chi connectivity index (χ3n) is 3.76. The Kier molecular flexibility index (Phi) is 4.97. The fraction of sp³-hybridized carbons (Fsp3) is 0.389. The standard InChI is InChI=1S/C18H23NO2/c1-4-19-18(3,13-17(20)21-5-2)16-11-10-14-8-6-7-9-15(14)12-16/h6-12,19H,4-5,13H2,1-3H3. The van der Waals surface area contributed by atoms with E-state index in [4.69, 9.17) is 4.74 Å². The van der Waals surface area contributed by atoms with Crippen LogP contribution in [-0.4, -0.2) is 19.1 Å². The summed E-state index contributed by atoms with van der Waals surface area (Å²) in [5, 5.41) is 5.82. The van der Waals surface area contributed by atoms with Gasteiger partial charge in [0.1, 0.15) is 0 Å². The molecule has 0 aromatic heterocycles. The highest BCUT2D eigenvalue weighted by Gasteiger charge is 2.29. The zero-order valence-electron chi connectivity index (χ0n) is 13.0. The Morgan fingerprint density at radius 3 is 2.52 bits per heavy atom. The fourth-order valence-electron chi connectivity index (χ4n) is 2.69. The van der Waals surface area contributed by atoms with E-state index in [1.807, 2.05) is 26.0 Å². The van der Waals surface area contributed by atoms with Gasteiger partial charge in [0, 0.05) is 0 Å². The van der Waals surface area contributed by atoms with E-state index >= 15 is 0 Å². The number of ether oxygens (including phenoxy) is 1. The molecule has 0 heterocycles. The predicted octanol–water partition coefficient (Wildman–Crippen LogP) is 3.62. The van der Waals surface area contributed by atoms with Crippen LogP contribution in [0.1, 0.15) is 32.8 Å². The van der Waals surface area contributed by atoms with Crippen LogP contribution in [0.4, 0.5) is 0 Å². The van der Waals surface area contributed by atoms with Gasteiger partial charge in [0.2, 0.25) is 0 Å². The third-order valence-corrected chi connectivity index (χ3v) is 3.76. The number of nitrogens with one attached hydrogen (secondary N) is 1. The normalized spacial score (nSPS) is 13.9. The van der Waals surface area contributed by atoms with Gasteiger partial charge in [-0.05, 0) is 42.8 Å². The molecule has 0 saturated heterocycles. The summed E-state index contributed by atoms with van der Waals surface area (Å²) >= 11 is 0. The average Bonchev–Trinajstić information content (AvgIpc) is 2.47. The number of fused-ring (bicyclic) bond motifs is 1. The van der Waals surface area contributed by atoms with E-state index in [1.54, 1.807) is 0 Å². The van der Waals surface area contributed by atoms with Crippen molar-refractivity contribution in [2.75, 3.05) is 13.2 Å². The van der Waals surface area contributed by atoms with Crippen molar-refractivity contribution in [3.05, 3.63) is 48.0 Å². The fourth-order valence-corrected chi connectivity index (χ4v) is 2.69. The van der Waals surface area contributed by atoms with Gasteiger partial charge in [-0.3, -0.25) is 4.79 Å². The molecule has 1 atom stereocenters. The maximum absolute atomic E-state index is 11.9. The molecule has 3 nitrogen and oxygen atoms in total. The summed E-state index contributed by atoms with van der Waals surface area (Å²) in [5.74, 6) is -0.172. The van der Waals surface area contributed by atoms with Crippen molar-refractivity contribution in [2.45, 2.75) is 32.7 Å². The first-order chi connectivity index (χ1) is 10.1. The van der Waals surface area contributed by atoms with Crippen LogP contribution in [0, 0.1) is 0 Å². The van der Waals surface area contributed by atoms with Gasteiger partial charge in [0.25, 0.3) is 0 Å². The molecule has 112 valence electrons. The summed E-state index contributed by atoms with van der Waals surface area (Å²) in [5.41, 5.74) is 0.696. The zero-order valence-corrected chi connectivity index (χ0v) is 13.0. The number of hydrogen-bond acceptors (Lipinski definition) is 3. The topological polar surface area (TPSA) is 38.3 Å². The van der Waals surface area contributed by atoms with E-state index < -0.39 is 5.54 Å². The molecule has 0 spiro atoms. The summed E-state index contributed by atoms with van der Waals surface area (Å²) in [6.45, 7) is 7.14. The first-order valence-corrected chi connectivity index (χ1v) is 7.49. The van der Waals surface area contributed by atoms with Crippen molar-refractivity contribution in [1.29, 1.82) is 0 Å². The first-order valence-electron chi connectivity index (χ1n) is 7.49. The van der Waals surface area contributed by atoms with E-state index in [-0.39, 0.29) is 5.97 Å². The molecule has 2 rings (SSSR count). The lowest BCUT2D eigenvalue weighted by Gasteiger charge is -2.30. The van der Waals surface area contributed by atoms with Gasteiger partial charge in [-0.15, -0.1) is 0 Å². The molecular formula is C18H23NO2. The number of benzene rings is 2. The van der Waals surface area contributed by atoms with Crippen LogP contribution in [0.15, 0.2) is 42.5 Å². The van der Waals surface area contributed by atoms with E-state index in [9.17, 15) is 4.79 Å². The van der Waals surface area contributed by atoms with Crippen molar-refractivity contribution < 1.29 is 9.53 Å². The van der Waals surface area contributed by atoms with Gasteiger partial charge in [-0.1, -0.05) is 43.3 Å². The first kappa shape index (κ1) is 15.5. The van der Waals surface area contributed by atoms with Crippen LogP contribution in [0.5, 0.6) is 0 Å². The second kappa shape index (κ2) is 6.72. The van der Waals surface area contributed by atoms with Crippen molar-refractivity contribution in [3.8, 4) is 0 Å². The lowest BCUT2D eigenvalue weighted by atomic mass is 9.87. The van der Waals surface area contributed by atoms with Crippen LogP contribution in [0.2, 0.25) is 0 Å². The van der Waals surface area contributed by atoms with Crippen molar-refractivity contribution in [1.82, 2.24) is 5.32 Å². The highest BCUT2D eigenvalue weighted by molar-refractivity contribution is 5.83. The van der Waals surface area contributed by atoms with Gasteiger partial charge in [0.05, 0.1) is 18.6 Å². The molecular weight excluding hydrogens is 262 g/mol. The summed E-state index contributed by atoms with van der Waals surface area (Å²) < 4.78 is 5.11. The number of hydrogen-bond donors (Lipinski definition) is 1. The minimum Gasteiger partial charge on any atom is -0.466 e. The minimum absolute atomic E-state index is 0.172. The second-order valence-electron chi connectivity index (χ2n) is 5.41. The molecule has 0 radical (unpaired) electrons. The Morgan fingerprint density at radius 1 is 1.14 bits per heavy atom. The average molecular weight is 285 g/mol. The van der Waals surface area contributed by atoms with Gasteiger partial charge < -0.3 is 10.1 Å². The monoisotopic (exact) mass is 285 g/mol. The molecule has 0 aliphatic carbocycles. The van der Waals surface area contributed by atoms with Gasteiger partial charge >= 0.3 is 5.97 Å². The highest BCUT2D eigenvalue weighted by atomic mass is 16.5. The molecule has 3 heteroatoms. The van der Waals surface area contributed by atoms with E-state index in [2.05, 4.69) is 42.6 Å². The second-order valence-corrected chi connectivity index (χ2v) is 5.41. The number of rotatable bonds is 6. The van der Waals surface area contributed by atoms with Gasteiger partial charge in [0.15, 0.2) is 0 Å². The molecule has 1 N–H and O–H groups in total. The van der Waals surface area contributed by atoms with Crippen LogP contribution in [-0.2, 0) is 15.1 Å². The zero-order chi connectivity index (χ0) is 15.3. The molecule has 21 heavy (non-hydrogen) atoms. The molecule has 0 amide bonds. The Balaban J connectivity index is 2.36. The molecule has 2 aromatic carbocycles. The smallest absolute Gasteiger partial charge is 0.307 e. The maximum atomic E-state index is 11.9. The van der Waals surface area contributed by atoms with E-state index in [1.165, 1.54) is 10.8 Å². The largest absolute Gasteiger partial charge is 0.466 e. The maximum Gasteiger partial charge on any atom is 0.307 e. The minimum atomic E-state index is -0.412. The van der Waals surface area contributed by atoms with Crippen molar-refractivity contribution in [2.24, 2.45) is 0 Å². The van der Waals surface area contributed by atoms with Crippen molar-refractivity contribution in [3.63, 3.8) is 0 Å². The van der Waals surface area contributed by atoms with E-state index in [0.717, 1.165) is 12.1 Å².